The third-order valence-corrected chi connectivity index (χ3v) is 2.41. The summed E-state index contributed by atoms with van der Waals surface area (Å²) in [4.78, 5) is 8.11. The van der Waals surface area contributed by atoms with Gasteiger partial charge in [-0.2, -0.15) is 0 Å². The lowest BCUT2D eigenvalue weighted by Gasteiger charge is -2.11. The summed E-state index contributed by atoms with van der Waals surface area (Å²) in [5, 5.41) is 3.26. The van der Waals surface area contributed by atoms with Crippen LogP contribution in [0.15, 0.2) is 12.4 Å². The zero-order valence-electron chi connectivity index (χ0n) is 9.90. The Morgan fingerprint density at radius 1 is 1.44 bits per heavy atom. The van der Waals surface area contributed by atoms with Crippen LogP contribution in [0.2, 0.25) is 0 Å². The molecule has 90 valence electrons. The molecule has 0 aromatic carbocycles. The van der Waals surface area contributed by atoms with Gasteiger partial charge in [-0.1, -0.05) is 6.92 Å². The van der Waals surface area contributed by atoms with E-state index in [-0.39, 0.29) is 11.5 Å². The molecule has 0 spiro atoms. The smallest absolute Gasteiger partial charge is 0.218 e. The monoisotopic (exact) mass is 243 g/mol. The van der Waals surface area contributed by atoms with E-state index < -0.39 is 0 Å². The highest BCUT2D eigenvalue weighted by Gasteiger charge is 2.04. The molecule has 0 radical (unpaired) electrons. The van der Waals surface area contributed by atoms with Crippen LogP contribution in [0.4, 0.5) is 5.82 Å². The van der Waals surface area contributed by atoms with Crippen molar-refractivity contribution in [3.63, 3.8) is 0 Å². The predicted octanol–water partition coefficient (Wildman–Crippen LogP) is 2.69. The Labute approximate surface area is 101 Å². The second kappa shape index (κ2) is 6.53. The molecule has 0 aliphatic carbocycles. The topological polar surface area (TPSA) is 47.0 Å². The van der Waals surface area contributed by atoms with Gasteiger partial charge in [0.15, 0.2) is 0 Å². The number of nitrogens with zero attached hydrogens (tertiary/aromatic N) is 2. The molecule has 0 saturated carbocycles. The van der Waals surface area contributed by atoms with Gasteiger partial charge in [0.25, 0.3) is 0 Å². The fourth-order valence-corrected chi connectivity index (χ4v) is 1.18. The number of hydrogen-bond donors (Lipinski definition) is 1. The van der Waals surface area contributed by atoms with Gasteiger partial charge >= 0.3 is 0 Å². The van der Waals surface area contributed by atoms with Gasteiger partial charge in [-0.05, 0) is 20.3 Å². The summed E-state index contributed by atoms with van der Waals surface area (Å²) >= 11 is 6.00. The molecule has 0 fully saturated rings. The van der Waals surface area contributed by atoms with Crippen LogP contribution in [-0.4, -0.2) is 28.0 Å². The second-order valence-electron chi connectivity index (χ2n) is 3.79. The molecule has 1 N–H and O–H groups in total. The molecule has 5 heteroatoms. The first-order valence-electron chi connectivity index (χ1n) is 5.48. The maximum Gasteiger partial charge on any atom is 0.218 e. The summed E-state index contributed by atoms with van der Waals surface area (Å²) in [6.07, 6.45) is 2.52. The lowest BCUT2D eigenvalue weighted by Crippen LogP contribution is -2.14. The molecule has 0 amide bonds. The Hall–Kier alpha value is -1.03. The minimum Gasteiger partial charge on any atom is -0.475 e. The second-order valence-corrected chi connectivity index (χ2v) is 4.41. The minimum atomic E-state index is 0.110. The number of ether oxygens (including phenoxy) is 1. The fraction of sp³-hybridized carbons (Fsp3) is 0.636. The summed E-state index contributed by atoms with van der Waals surface area (Å²) in [5.41, 5.74) is 0. The van der Waals surface area contributed by atoms with Crippen molar-refractivity contribution in [2.24, 2.45) is 0 Å². The summed E-state index contributed by atoms with van der Waals surface area (Å²) in [6.45, 7) is 6.66. The normalized spacial score (nSPS) is 12.6. The van der Waals surface area contributed by atoms with E-state index in [0.717, 1.165) is 12.2 Å². The number of rotatable bonds is 6. The van der Waals surface area contributed by atoms with E-state index in [2.05, 4.69) is 15.3 Å². The van der Waals surface area contributed by atoms with E-state index in [1.807, 2.05) is 20.8 Å². The van der Waals surface area contributed by atoms with Crippen LogP contribution in [0.1, 0.15) is 27.2 Å². The van der Waals surface area contributed by atoms with E-state index in [9.17, 15) is 0 Å². The first-order chi connectivity index (χ1) is 7.61. The lowest BCUT2D eigenvalue weighted by atomic mass is 10.3. The molecular formula is C11H18ClN3O. The quantitative estimate of drug-likeness (QED) is 0.781. The third kappa shape index (κ3) is 4.66. The van der Waals surface area contributed by atoms with E-state index in [4.69, 9.17) is 16.3 Å². The van der Waals surface area contributed by atoms with Crippen molar-refractivity contribution in [1.29, 1.82) is 0 Å². The minimum absolute atomic E-state index is 0.110. The number of hydrogen-bond acceptors (Lipinski definition) is 4. The van der Waals surface area contributed by atoms with E-state index in [1.165, 1.54) is 6.33 Å². The molecule has 1 heterocycles. The van der Waals surface area contributed by atoms with Crippen LogP contribution in [0, 0.1) is 0 Å². The molecule has 1 rings (SSSR count). The van der Waals surface area contributed by atoms with E-state index in [0.29, 0.717) is 12.4 Å². The zero-order chi connectivity index (χ0) is 12.0. The van der Waals surface area contributed by atoms with Gasteiger partial charge in [0.1, 0.15) is 12.1 Å². The Balaban J connectivity index is 2.53. The Bertz CT molecular complexity index is 320. The zero-order valence-corrected chi connectivity index (χ0v) is 10.7. The SMILES string of the molecule is CCC(Cl)CNc1cc(OC(C)C)ncn1. The van der Waals surface area contributed by atoms with Crippen molar-refractivity contribution in [1.82, 2.24) is 9.97 Å². The molecule has 0 bridgehead atoms. The van der Waals surface area contributed by atoms with E-state index in [1.54, 1.807) is 6.07 Å². The number of halogens is 1. The van der Waals surface area contributed by atoms with Crippen LogP contribution < -0.4 is 10.1 Å². The Morgan fingerprint density at radius 3 is 2.81 bits per heavy atom. The summed E-state index contributed by atoms with van der Waals surface area (Å²) in [5.74, 6) is 1.32. The standard InChI is InChI=1S/C11H18ClN3O/c1-4-9(12)6-13-10-5-11(15-7-14-10)16-8(2)3/h5,7-9H,4,6H2,1-3H3,(H,13,14,15). The Kier molecular flexibility index (Phi) is 5.32. The third-order valence-electron chi connectivity index (χ3n) is 1.95. The summed E-state index contributed by atoms with van der Waals surface area (Å²) in [7, 11) is 0. The van der Waals surface area contributed by atoms with Crippen LogP contribution in [0.3, 0.4) is 0 Å². The largest absolute Gasteiger partial charge is 0.475 e. The highest BCUT2D eigenvalue weighted by molar-refractivity contribution is 6.20. The van der Waals surface area contributed by atoms with Gasteiger partial charge in [-0.15, -0.1) is 11.6 Å². The molecule has 4 nitrogen and oxygen atoms in total. The number of aromatic nitrogens is 2. The van der Waals surface area contributed by atoms with Crippen LogP contribution in [-0.2, 0) is 0 Å². The van der Waals surface area contributed by atoms with E-state index >= 15 is 0 Å². The maximum absolute atomic E-state index is 6.00. The fourth-order valence-electron chi connectivity index (χ4n) is 1.10. The van der Waals surface area contributed by atoms with Crippen LogP contribution in [0.25, 0.3) is 0 Å². The van der Waals surface area contributed by atoms with Crippen molar-refractivity contribution in [3.8, 4) is 5.88 Å². The van der Waals surface area contributed by atoms with Crippen molar-refractivity contribution in [2.45, 2.75) is 38.7 Å². The summed E-state index contributed by atoms with van der Waals surface area (Å²) in [6, 6.07) is 1.78. The molecule has 1 aromatic rings. The summed E-state index contributed by atoms with van der Waals surface area (Å²) < 4.78 is 5.46. The average molecular weight is 244 g/mol. The van der Waals surface area contributed by atoms with Gasteiger partial charge in [-0.3, -0.25) is 0 Å². The molecule has 1 aromatic heterocycles. The first kappa shape index (κ1) is 13.0. The molecule has 16 heavy (non-hydrogen) atoms. The number of anilines is 1. The molecule has 0 aliphatic heterocycles. The van der Waals surface area contributed by atoms with Crippen molar-refractivity contribution in [2.75, 3.05) is 11.9 Å². The van der Waals surface area contributed by atoms with Crippen molar-refractivity contribution in [3.05, 3.63) is 12.4 Å². The van der Waals surface area contributed by atoms with Crippen LogP contribution in [0.5, 0.6) is 5.88 Å². The van der Waals surface area contributed by atoms with Crippen LogP contribution >= 0.6 is 11.6 Å². The molecule has 1 unspecified atom stereocenters. The maximum atomic E-state index is 6.00. The van der Waals surface area contributed by atoms with Gasteiger partial charge in [-0.25, -0.2) is 9.97 Å². The van der Waals surface area contributed by atoms with Crippen molar-refractivity contribution >= 4 is 17.4 Å². The lowest BCUT2D eigenvalue weighted by molar-refractivity contribution is 0.232. The predicted molar refractivity (Wildman–Crippen MR) is 66.2 cm³/mol. The van der Waals surface area contributed by atoms with Gasteiger partial charge in [0, 0.05) is 12.6 Å². The average Bonchev–Trinajstić information content (AvgIpc) is 2.25. The molecular weight excluding hydrogens is 226 g/mol. The van der Waals surface area contributed by atoms with Crippen molar-refractivity contribution < 1.29 is 4.74 Å². The van der Waals surface area contributed by atoms with Gasteiger partial charge in [0.2, 0.25) is 5.88 Å². The molecule has 0 aliphatic rings. The number of alkyl halides is 1. The first-order valence-corrected chi connectivity index (χ1v) is 5.92. The van der Waals surface area contributed by atoms with Gasteiger partial charge in [0.05, 0.1) is 11.5 Å². The van der Waals surface area contributed by atoms with Gasteiger partial charge < -0.3 is 10.1 Å². The molecule has 1 atom stereocenters. The highest BCUT2D eigenvalue weighted by atomic mass is 35.5. The Morgan fingerprint density at radius 2 is 2.19 bits per heavy atom. The number of nitrogens with one attached hydrogen (secondary N) is 1. The molecule has 0 saturated heterocycles. The highest BCUT2D eigenvalue weighted by Crippen LogP contribution is 2.13.